The third-order valence-electron chi connectivity index (χ3n) is 4.84. The molecule has 0 bridgehead atoms. The first kappa shape index (κ1) is 20.9. The molecule has 0 aliphatic heterocycles. The summed E-state index contributed by atoms with van der Waals surface area (Å²) in [4.78, 5) is 23.7. The molecule has 0 unspecified atom stereocenters. The van der Waals surface area contributed by atoms with Crippen molar-refractivity contribution in [2.75, 3.05) is 6.54 Å². The number of fused-ring (bicyclic) bond motifs is 1. The molecule has 29 heavy (non-hydrogen) atoms. The van der Waals surface area contributed by atoms with E-state index in [0.29, 0.717) is 18.9 Å². The minimum absolute atomic E-state index is 0.217. The van der Waals surface area contributed by atoms with Crippen molar-refractivity contribution in [3.05, 3.63) is 59.6 Å². The Morgan fingerprint density at radius 3 is 2.72 bits per heavy atom. The van der Waals surface area contributed by atoms with E-state index in [1.165, 1.54) is 0 Å². The summed E-state index contributed by atoms with van der Waals surface area (Å²) in [7, 11) is 0. The normalized spacial score (nSPS) is 11.2. The molecule has 3 aromatic rings. The van der Waals surface area contributed by atoms with Crippen LogP contribution in [0.25, 0.3) is 11.2 Å². The minimum atomic E-state index is -0.722. The Morgan fingerprint density at radius 1 is 1.14 bits per heavy atom. The molecule has 0 aliphatic carbocycles. The second-order valence-corrected chi connectivity index (χ2v) is 7.08. The molecule has 3 rings (SSSR count). The van der Waals surface area contributed by atoms with Gasteiger partial charge in [0, 0.05) is 19.3 Å². The number of hydrogen-bond donors (Lipinski definition) is 0. The average Bonchev–Trinajstić information content (AvgIpc) is 3.06. The molecule has 7 heteroatoms. The van der Waals surface area contributed by atoms with Crippen molar-refractivity contribution in [3.63, 3.8) is 0 Å². The van der Waals surface area contributed by atoms with Crippen LogP contribution in [0.4, 0.5) is 8.78 Å². The van der Waals surface area contributed by atoms with Crippen molar-refractivity contribution < 1.29 is 13.6 Å². The number of rotatable bonds is 9. The fourth-order valence-electron chi connectivity index (χ4n) is 3.39. The van der Waals surface area contributed by atoms with Gasteiger partial charge in [-0.1, -0.05) is 26.7 Å². The van der Waals surface area contributed by atoms with Gasteiger partial charge in [0.2, 0.25) is 0 Å². The third kappa shape index (κ3) is 4.78. The van der Waals surface area contributed by atoms with Crippen LogP contribution in [0, 0.1) is 11.6 Å². The Labute approximate surface area is 169 Å². The van der Waals surface area contributed by atoms with Crippen LogP contribution >= 0.6 is 0 Å². The lowest BCUT2D eigenvalue weighted by atomic mass is 10.1. The molecule has 0 aliphatic rings. The van der Waals surface area contributed by atoms with Crippen LogP contribution in [0.5, 0.6) is 0 Å². The second kappa shape index (κ2) is 9.58. The summed E-state index contributed by atoms with van der Waals surface area (Å²) in [5.41, 5.74) is 1.27. The SMILES string of the molecule is CCCCCN(Cc1nc2cccnc2n1CCC)C(=O)c1cc(F)ccc1F. The summed E-state index contributed by atoms with van der Waals surface area (Å²) in [5.74, 6) is -1.19. The molecule has 0 radical (unpaired) electrons. The number of aromatic nitrogens is 3. The number of halogens is 2. The van der Waals surface area contributed by atoms with Gasteiger partial charge in [-0.25, -0.2) is 18.7 Å². The fourth-order valence-corrected chi connectivity index (χ4v) is 3.39. The first-order valence-electron chi connectivity index (χ1n) is 10.1. The van der Waals surface area contributed by atoms with E-state index < -0.39 is 17.5 Å². The van der Waals surface area contributed by atoms with E-state index in [9.17, 15) is 13.6 Å². The molecule has 154 valence electrons. The number of carbonyl (C=O) groups is 1. The zero-order chi connectivity index (χ0) is 20.8. The minimum Gasteiger partial charge on any atom is -0.331 e. The average molecular weight is 400 g/mol. The summed E-state index contributed by atoms with van der Waals surface area (Å²) in [6, 6.07) is 6.67. The van der Waals surface area contributed by atoms with Gasteiger partial charge >= 0.3 is 0 Å². The predicted molar refractivity (Wildman–Crippen MR) is 108 cm³/mol. The van der Waals surface area contributed by atoms with E-state index in [2.05, 4.69) is 23.8 Å². The number of nitrogens with zero attached hydrogens (tertiary/aromatic N) is 4. The van der Waals surface area contributed by atoms with Crippen molar-refractivity contribution in [3.8, 4) is 0 Å². The number of hydrogen-bond acceptors (Lipinski definition) is 3. The predicted octanol–water partition coefficient (Wildman–Crippen LogP) is 4.95. The molecule has 0 saturated heterocycles. The first-order valence-corrected chi connectivity index (χ1v) is 10.1. The van der Waals surface area contributed by atoms with Gasteiger partial charge in [0.05, 0.1) is 12.1 Å². The highest BCUT2D eigenvalue weighted by atomic mass is 19.1. The molecule has 1 amide bonds. The van der Waals surface area contributed by atoms with E-state index in [4.69, 9.17) is 0 Å². The lowest BCUT2D eigenvalue weighted by molar-refractivity contribution is 0.0728. The van der Waals surface area contributed by atoms with Crippen LogP contribution in [0.3, 0.4) is 0 Å². The maximum atomic E-state index is 14.2. The van der Waals surface area contributed by atoms with Gasteiger partial charge in [-0.2, -0.15) is 0 Å². The summed E-state index contributed by atoms with van der Waals surface area (Å²) >= 11 is 0. The Bertz CT molecular complexity index is 986. The maximum Gasteiger partial charge on any atom is 0.257 e. The molecule has 0 spiro atoms. The standard InChI is InChI=1S/C22H26F2N4O/c1-3-5-6-13-27(22(29)17-14-16(23)9-10-18(17)24)15-20-26-19-8-7-11-25-21(19)28(20)12-4-2/h7-11,14H,3-6,12-13,15H2,1-2H3. The Hall–Kier alpha value is -2.83. The smallest absolute Gasteiger partial charge is 0.257 e. The molecule has 1 aromatic carbocycles. The number of amides is 1. The van der Waals surface area contributed by atoms with Crippen LogP contribution < -0.4 is 0 Å². The van der Waals surface area contributed by atoms with E-state index in [1.54, 1.807) is 11.1 Å². The topological polar surface area (TPSA) is 51.0 Å². The van der Waals surface area contributed by atoms with Crippen LogP contribution in [-0.4, -0.2) is 31.9 Å². The summed E-state index contributed by atoms with van der Waals surface area (Å²) in [5, 5.41) is 0. The van der Waals surface area contributed by atoms with Gasteiger partial charge in [-0.3, -0.25) is 4.79 Å². The highest BCUT2D eigenvalue weighted by Crippen LogP contribution is 2.19. The number of carbonyl (C=O) groups excluding carboxylic acids is 1. The van der Waals surface area contributed by atoms with Gasteiger partial charge in [-0.15, -0.1) is 0 Å². The molecular formula is C22H26F2N4O. The number of benzene rings is 1. The zero-order valence-corrected chi connectivity index (χ0v) is 16.9. The summed E-state index contributed by atoms with van der Waals surface area (Å²) < 4.78 is 29.9. The maximum absolute atomic E-state index is 14.2. The quantitative estimate of drug-likeness (QED) is 0.478. The lowest BCUT2D eigenvalue weighted by Crippen LogP contribution is -2.33. The first-order chi connectivity index (χ1) is 14.0. The Kier molecular flexibility index (Phi) is 6.90. The lowest BCUT2D eigenvalue weighted by Gasteiger charge is -2.23. The molecule has 5 nitrogen and oxygen atoms in total. The molecule has 0 fully saturated rings. The molecular weight excluding hydrogens is 374 g/mol. The van der Waals surface area contributed by atoms with Crippen LogP contribution in [-0.2, 0) is 13.1 Å². The van der Waals surface area contributed by atoms with Crippen molar-refractivity contribution in [1.29, 1.82) is 0 Å². The highest BCUT2D eigenvalue weighted by molar-refractivity contribution is 5.94. The van der Waals surface area contributed by atoms with Crippen molar-refractivity contribution >= 4 is 17.1 Å². The number of unbranched alkanes of at least 4 members (excludes halogenated alkanes) is 2. The van der Waals surface area contributed by atoms with Crippen LogP contribution in [0.15, 0.2) is 36.5 Å². The van der Waals surface area contributed by atoms with Crippen molar-refractivity contribution in [2.45, 2.75) is 52.6 Å². The number of imidazole rings is 1. The molecule has 0 atom stereocenters. The van der Waals surface area contributed by atoms with Crippen LogP contribution in [0.2, 0.25) is 0 Å². The zero-order valence-electron chi connectivity index (χ0n) is 16.9. The Balaban J connectivity index is 1.95. The van der Waals surface area contributed by atoms with Crippen molar-refractivity contribution in [1.82, 2.24) is 19.4 Å². The van der Waals surface area contributed by atoms with Gasteiger partial charge in [0.25, 0.3) is 5.91 Å². The molecule has 2 heterocycles. The Morgan fingerprint density at radius 2 is 1.97 bits per heavy atom. The van der Waals surface area contributed by atoms with E-state index >= 15 is 0 Å². The van der Waals surface area contributed by atoms with Gasteiger partial charge in [-0.05, 0) is 43.2 Å². The van der Waals surface area contributed by atoms with Crippen molar-refractivity contribution in [2.24, 2.45) is 0 Å². The van der Waals surface area contributed by atoms with Crippen LogP contribution in [0.1, 0.15) is 55.7 Å². The van der Waals surface area contributed by atoms with E-state index in [1.807, 2.05) is 16.7 Å². The fraction of sp³-hybridized carbons (Fsp3) is 0.409. The van der Waals surface area contributed by atoms with E-state index in [-0.39, 0.29) is 12.1 Å². The second-order valence-electron chi connectivity index (χ2n) is 7.08. The number of aryl methyl sites for hydroxylation is 1. The third-order valence-corrected chi connectivity index (χ3v) is 4.84. The molecule has 2 aromatic heterocycles. The van der Waals surface area contributed by atoms with Gasteiger partial charge in [0.15, 0.2) is 5.65 Å². The molecule has 0 saturated carbocycles. The largest absolute Gasteiger partial charge is 0.331 e. The molecule has 0 N–H and O–H groups in total. The van der Waals surface area contributed by atoms with E-state index in [0.717, 1.165) is 55.0 Å². The summed E-state index contributed by atoms with van der Waals surface area (Å²) in [6.45, 7) is 5.52. The van der Waals surface area contributed by atoms with Gasteiger partial charge < -0.3 is 9.47 Å². The van der Waals surface area contributed by atoms with Gasteiger partial charge in [0.1, 0.15) is 23.0 Å². The highest BCUT2D eigenvalue weighted by Gasteiger charge is 2.23. The monoisotopic (exact) mass is 400 g/mol. The number of pyridine rings is 1. The summed E-state index contributed by atoms with van der Waals surface area (Å²) in [6.07, 6.45) is 5.33.